The van der Waals surface area contributed by atoms with Crippen LogP contribution >= 0.6 is 23.2 Å². The number of rotatable bonds is 2. The van der Waals surface area contributed by atoms with Crippen molar-refractivity contribution in [2.75, 3.05) is 0 Å². The maximum Gasteiger partial charge on any atom is 0.326 e. The lowest BCUT2D eigenvalue weighted by Crippen LogP contribution is -2.54. The molecule has 1 aromatic rings. The Bertz CT molecular complexity index is 489. The number of hydrogen-bond acceptors (Lipinski definition) is 3. The highest BCUT2D eigenvalue weighted by Crippen LogP contribution is 2.23. The predicted octanol–water partition coefficient (Wildman–Crippen LogP) is 1.75. The number of carbonyl (C=O) groups excluding carboxylic acids is 2. The molecule has 2 N–H and O–H groups in total. The molecule has 7 heteroatoms. The van der Waals surface area contributed by atoms with Crippen LogP contribution in [0, 0.1) is 0 Å². The monoisotopic (exact) mass is 288 g/mol. The van der Waals surface area contributed by atoms with Crippen molar-refractivity contribution < 1.29 is 14.7 Å². The number of nitrogens with zero attached hydrogens (tertiary/aromatic N) is 1. The van der Waals surface area contributed by atoms with Crippen LogP contribution in [0.3, 0.4) is 0 Å². The normalized spacial score (nSPS) is 19.9. The van der Waals surface area contributed by atoms with Gasteiger partial charge >= 0.3 is 6.03 Å². The summed E-state index contributed by atoms with van der Waals surface area (Å²) in [6.45, 7) is 0.0246. The van der Waals surface area contributed by atoms with Crippen LogP contribution in [0.1, 0.15) is 12.0 Å². The average Bonchev–Trinajstić information content (AvgIpc) is 2.28. The van der Waals surface area contributed by atoms with Crippen molar-refractivity contribution >= 4 is 35.1 Å². The number of hydrogen-bond donors (Lipinski definition) is 2. The summed E-state index contributed by atoms with van der Waals surface area (Å²) in [7, 11) is 0. The second-order valence-corrected chi connectivity index (χ2v) is 4.73. The molecule has 1 aromatic carbocycles. The second-order valence-electron chi connectivity index (χ2n) is 3.89. The van der Waals surface area contributed by atoms with E-state index in [1.165, 1.54) is 0 Å². The fourth-order valence-electron chi connectivity index (χ4n) is 1.66. The van der Waals surface area contributed by atoms with Crippen molar-refractivity contribution in [3.8, 4) is 0 Å². The molecule has 1 aliphatic heterocycles. The number of amides is 3. The average molecular weight is 289 g/mol. The Morgan fingerprint density at radius 1 is 1.39 bits per heavy atom. The van der Waals surface area contributed by atoms with Crippen molar-refractivity contribution in [2.24, 2.45) is 0 Å². The van der Waals surface area contributed by atoms with Crippen LogP contribution in [-0.2, 0) is 11.3 Å². The smallest absolute Gasteiger partial charge is 0.326 e. The SMILES string of the molecule is O=C1CC(O)NC(=O)N1Cc1cc(Cl)ccc1Cl. The Hall–Kier alpha value is -1.30. The Morgan fingerprint density at radius 3 is 2.78 bits per heavy atom. The number of nitrogens with one attached hydrogen (secondary N) is 1. The zero-order valence-corrected chi connectivity index (χ0v) is 10.7. The summed E-state index contributed by atoms with van der Waals surface area (Å²) in [5.74, 6) is -0.456. The minimum absolute atomic E-state index is 0.0246. The van der Waals surface area contributed by atoms with Gasteiger partial charge in [0.1, 0.15) is 6.23 Å². The molecule has 1 fully saturated rings. The number of carbonyl (C=O) groups is 2. The number of urea groups is 1. The third kappa shape index (κ3) is 2.75. The van der Waals surface area contributed by atoms with Crippen molar-refractivity contribution in [1.29, 1.82) is 0 Å². The second kappa shape index (κ2) is 5.14. The van der Waals surface area contributed by atoms with Crippen LogP contribution in [0.25, 0.3) is 0 Å². The highest BCUT2D eigenvalue weighted by Gasteiger charge is 2.31. The Labute approximate surface area is 113 Å². The van der Waals surface area contributed by atoms with E-state index in [1.54, 1.807) is 18.2 Å². The fraction of sp³-hybridized carbons (Fsp3) is 0.273. The molecule has 1 aliphatic rings. The Balaban J connectivity index is 2.20. The molecule has 0 spiro atoms. The molecule has 0 aliphatic carbocycles. The quantitative estimate of drug-likeness (QED) is 0.871. The van der Waals surface area contributed by atoms with Gasteiger partial charge in [-0.05, 0) is 23.8 Å². The lowest BCUT2D eigenvalue weighted by atomic mass is 10.2. The zero-order valence-electron chi connectivity index (χ0n) is 9.19. The molecule has 0 aromatic heterocycles. The van der Waals surface area contributed by atoms with E-state index in [2.05, 4.69) is 5.32 Å². The lowest BCUT2D eigenvalue weighted by molar-refractivity contribution is -0.133. The van der Waals surface area contributed by atoms with E-state index in [0.29, 0.717) is 15.6 Å². The molecular formula is C11H10Cl2N2O3. The number of benzene rings is 1. The highest BCUT2D eigenvalue weighted by molar-refractivity contribution is 6.33. The van der Waals surface area contributed by atoms with Gasteiger partial charge in [-0.1, -0.05) is 23.2 Å². The van der Waals surface area contributed by atoms with Crippen LogP contribution in [0.4, 0.5) is 4.79 Å². The molecule has 0 saturated carbocycles. The first-order valence-electron chi connectivity index (χ1n) is 5.20. The van der Waals surface area contributed by atoms with Crippen LogP contribution in [0.15, 0.2) is 18.2 Å². The molecule has 0 bridgehead atoms. The number of aliphatic hydroxyl groups excluding tert-OH is 1. The lowest BCUT2D eigenvalue weighted by Gasteiger charge is -2.29. The van der Waals surface area contributed by atoms with E-state index in [4.69, 9.17) is 23.2 Å². The molecule has 2 rings (SSSR count). The van der Waals surface area contributed by atoms with E-state index in [-0.39, 0.29) is 13.0 Å². The summed E-state index contributed by atoms with van der Waals surface area (Å²) in [6, 6.07) is 4.17. The van der Waals surface area contributed by atoms with Gasteiger partial charge in [-0.3, -0.25) is 9.69 Å². The largest absolute Gasteiger partial charge is 0.373 e. The summed E-state index contributed by atoms with van der Waals surface area (Å²) >= 11 is 11.8. The maximum atomic E-state index is 11.6. The minimum Gasteiger partial charge on any atom is -0.373 e. The number of halogens is 2. The van der Waals surface area contributed by atoms with Crippen LogP contribution in [-0.4, -0.2) is 28.2 Å². The molecule has 5 nitrogen and oxygen atoms in total. The van der Waals surface area contributed by atoms with E-state index in [1.807, 2.05) is 0 Å². The number of aliphatic hydroxyl groups is 1. The van der Waals surface area contributed by atoms with Gasteiger partial charge in [0.05, 0.1) is 13.0 Å². The van der Waals surface area contributed by atoms with Crippen LogP contribution < -0.4 is 5.32 Å². The summed E-state index contributed by atoms with van der Waals surface area (Å²) in [4.78, 5) is 24.2. The van der Waals surface area contributed by atoms with Gasteiger partial charge in [-0.25, -0.2) is 4.79 Å². The minimum atomic E-state index is -1.13. The van der Waals surface area contributed by atoms with Crippen molar-refractivity contribution in [3.05, 3.63) is 33.8 Å². The third-order valence-corrected chi connectivity index (χ3v) is 3.14. The van der Waals surface area contributed by atoms with Gasteiger partial charge < -0.3 is 10.4 Å². The molecule has 1 atom stereocenters. The van der Waals surface area contributed by atoms with E-state index < -0.39 is 18.2 Å². The molecule has 0 radical (unpaired) electrons. The van der Waals surface area contributed by atoms with E-state index >= 15 is 0 Å². The topological polar surface area (TPSA) is 69.6 Å². The first-order valence-corrected chi connectivity index (χ1v) is 5.96. The third-order valence-electron chi connectivity index (χ3n) is 2.54. The molecule has 18 heavy (non-hydrogen) atoms. The van der Waals surface area contributed by atoms with Crippen LogP contribution in [0.2, 0.25) is 10.0 Å². The highest BCUT2D eigenvalue weighted by atomic mass is 35.5. The van der Waals surface area contributed by atoms with Gasteiger partial charge in [0.15, 0.2) is 0 Å². The van der Waals surface area contributed by atoms with Gasteiger partial charge in [-0.15, -0.1) is 0 Å². The maximum absolute atomic E-state index is 11.6. The van der Waals surface area contributed by atoms with Gasteiger partial charge in [0.25, 0.3) is 0 Å². The first-order chi connectivity index (χ1) is 8.47. The molecule has 96 valence electrons. The molecule has 1 unspecified atom stereocenters. The standard InChI is InChI=1S/C11H10Cl2N2O3/c12-7-1-2-8(13)6(3-7)5-15-10(17)4-9(16)14-11(15)18/h1-3,9,16H,4-5H2,(H,14,18). The van der Waals surface area contributed by atoms with Crippen LogP contribution in [0.5, 0.6) is 0 Å². The van der Waals surface area contributed by atoms with Gasteiger partial charge in [-0.2, -0.15) is 0 Å². The van der Waals surface area contributed by atoms with Crippen molar-refractivity contribution in [3.63, 3.8) is 0 Å². The van der Waals surface area contributed by atoms with E-state index in [9.17, 15) is 14.7 Å². The summed E-state index contributed by atoms with van der Waals surface area (Å²) < 4.78 is 0. The van der Waals surface area contributed by atoms with Crippen molar-refractivity contribution in [2.45, 2.75) is 19.2 Å². The number of imide groups is 1. The van der Waals surface area contributed by atoms with E-state index in [0.717, 1.165) is 4.90 Å². The Kier molecular flexibility index (Phi) is 3.75. The fourth-order valence-corrected chi connectivity index (χ4v) is 2.03. The molecule has 1 heterocycles. The Morgan fingerprint density at radius 2 is 2.11 bits per heavy atom. The summed E-state index contributed by atoms with van der Waals surface area (Å²) in [5.41, 5.74) is 0.573. The first kappa shape index (κ1) is 13.1. The molecule has 1 saturated heterocycles. The zero-order chi connectivity index (χ0) is 13.3. The summed E-state index contributed by atoms with van der Waals surface area (Å²) in [6.07, 6.45) is -1.28. The summed E-state index contributed by atoms with van der Waals surface area (Å²) in [5, 5.41) is 12.4. The van der Waals surface area contributed by atoms with Gasteiger partial charge in [0, 0.05) is 10.0 Å². The predicted molar refractivity (Wildman–Crippen MR) is 66.2 cm³/mol. The molecule has 3 amide bonds. The van der Waals surface area contributed by atoms with Gasteiger partial charge in [0.2, 0.25) is 5.91 Å². The molecular weight excluding hydrogens is 279 g/mol. The van der Waals surface area contributed by atoms with Crippen molar-refractivity contribution in [1.82, 2.24) is 10.2 Å².